The molecule has 2 nitrogen and oxygen atoms in total. The van der Waals surface area contributed by atoms with Gasteiger partial charge in [0, 0.05) is 12.2 Å². The van der Waals surface area contributed by atoms with E-state index >= 15 is 0 Å². The average molecular weight is 190 g/mol. The van der Waals surface area contributed by atoms with Gasteiger partial charge in [-0.2, -0.15) is 0 Å². The summed E-state index contributed by atoms with van der Waals surface area (Å²) in [5, 5.41) is 0. The van der Waals surface area contributed by atoms with Gasteiger partial charge in [-0.05, 0) is 24.8 Å². The summed E-state index contributed by atoms with van der Waals surface area (Å²) in [7, 11) is 0. The standard InChI is InChI=1S/C12H14O2/c13-9-10-4-6-11(7-5-10)12-3-1-2-8-14-12/h4-7,9,12H,1-3,8H2. The van der Waals surface area contributed by atoms with E-state index < -0.39 is 0 Å². The molecule has 1 aromatic carbocycles. The van der Waals surface area contributed by atoms with Gasteiger partial charge in [-0.3, -0.25) is 4.79 Å². The summed E-state index contributed by atoms with van der Waals surface area (Å²) >= 11 is 0. The van der Waals surface area contributed by atoms with E-state index in [2.05, 4.69) is 0 Å². The monoisotopic (exact) mass is 190 g/mol. The van der Waals surface area contributed by atoms with Gasteiger partial charge in [-0.1, -0.05) is 24.3 Å². The lowest BCUT2D eigenvalue weighted by Crippen LogP contribution is -2.11. The van der Waals surface area contributed by atoms with E-state index in [0.717, 1.165) is 24.9 Å². The van der Waals surface area contributed by atoms with Crippen LogP contribution in [0, 0.1) is 0 Å². The maximum absolute atomic E-state index is 10.5. The second kappa shape index (κ2) is 4.38. The number of rotatable bonds is 2. The second-order valence-corrected chi connectivity index (χ2v) is 3.64. The zero-order valence-corrected chi connectivity index (χ0v) is 8.11. The summed E-state index contributed by atoms with van der Waals surface area (Å²) in [6.45, 7) is 0.861. The van der Waals surface area contributed by atoms with Crippen molar-refractivity contribution in [3.05, 3.63) is 35.4 Å². The van der Waals surface area contributed by atoms with Crippen LogP contribution >= 0.6 is 0 Å². The molecule has 1 aromatic rings. The van der Waals surface area contributed by atoms with Crippen LogP contribution in [0.4, 0.5) is 0 Å². The molecule has 0 saturated carbocycles. The Hall–Kier alpha value is -1.15. The predicted molar refractivity (Wildman–Crippen MR) is 54.4 cm³/mol. The fraction of sp³-hybridized carbons (Fsp3) is 0.417. The average Bonchev–Trinajstić information content (AvgIpc) is 2.30. The summed E-state index contributed by atoms with van der Waals surface area (Å²) in [5.41, 5.74) is 1.92. The Labute approximate surface area is 83.9 Å². The molecular formula is C12H14O2. The molecule has 0 spiro atoms. The van der Waals surface area contributed by atoms with E-state index in [1.54, 1.807) is 0 Å². The Kier molecular flexibility index (Phi) is 2.94. The minimum atomic E-state index is 0.240. The lowest BCUT2D eigenvalue weighted by molar-refractivity contribution is 0.0149. The lowest BCUT2D eigenvalue weighted by atomic mass is 10.0. The van der Waals surface area contributed by atoms with E-state index in [1.807, 2.05) is 24.3 Å². The topological polar surface area (TPSA) is 26.3 Å². The molecule has 1 unspecified atom stereocenters. The summed E-state index contributed by atoms with van der Waals surface area (Å²) < 4.78 is 5.65. The van der Waals surface area contributed by atoms with Crippen LogP contribution in [-0.2, 0) is 4.74 Å². The molecule has 1 fully saturated rings. The normalized spacial score (nSPS) is 21.9. The third-order valence-corrected chi connectivity index (χ3v) is 2.62. The van der Waals surface area contributed by atoms with Crippen LogP contribution in [0.1, 0.15) is 41.3 Å². The number of carbonyl (C=O) groups is 1. The van der Waals surface area contributed by atoms with Crippen molar-refractivity contribution in [2.75, 3.05) is 6.61 Å². The molecule has 1 atom stereocenters. The van der Waals surface area contributed by atoms with Crippen molar-refractivity contribution in [1.29, 1.82) is 0 Å². The van der Waals surface area contributed by atoms with Gasteiger partial charge in [0.1, 0.15) is 6.29 Å². The van der Waals surface area contributed by atoms with Gasteiger partial charge in [-0.25, -0.2) is 0 Å². The summed E-state index contributed by atoms with van der Waals surface area (Å²) in [5.74, 6) is 0. The van der Waals surface area contributed by atoms with Crippen LogP contribution in [0.15, 0.2) is 24.3 Å². The molecule has 1 aliphatic heterocycles. The number of ether oxygens (including phenoxy) is 1. The lowest BCUT2D eigenvalue weighted by Gasteiger charge is -2.22. The smallest absolute Gasteiger partial charge is 0.150 e. The maximum Gasteiger partial charge on any atom is 0.150 e. The van der Waals surface area contributed by atoms with Gasteiger partial charge < -0.3 is 4.74 Å². The van der Waals surface area contributed by atoms with E-state index in [9.17, 15) is 4.79 Å². The van der Waals surface area contributed by atoms with Gasteiger partial charge in [0.05, 0.1) is 6.10 Å². The molecule has 1 heterocycles. The van der Waals surface area contributed by atoms with Crippen LogP contribution in [-0.4, -0.2) is 12.9 Å². The van der Waals surface area contributed by atoms with Crippen molar-refractivity contribution in [3.8, 4) is 0 Å². The second-order valence-electron chi connectivity index (χ2n) is 3.64. The summed E-state index contributed by atoms with van der Waals surface area (Å²) in [6.07, 6.45) is 4.61. The van der Waals surface area contributed by atoms with E-state index in [1.165, 1.54) is 18.4 Å². The van der Waals surface area contributed by atoms with E-state index in [0.29, 0.717) is 0 Å². The van der Waals surface area contributed by atoms with Crippen molar-refractivity contribution in [2.24, 2.45) is 0 Å². The molecule has 0 bridgehead atoms. The Bertz CT molecular complexity index is 297. The van der Waals surface area contributed by atoms with Crippen LogP contribution in [0.2, 0.25) is 0 Å². The third kappa shape index (κ3) is 2.02. The first-order chi connectivity index (χ1) is 6.90. The van der Waals surface area contributed by atoms with Crippen LogP contribution < -0.4 is 0 Å². The predicted octanol–water partition coefficient (Wildman–Crippen LogP) is 2.74. The Morgan fingerprint density at radius 3 is 2.57 bits per heavy atom. The minimum absolute atomic E-state index is 0.240. The Morgan fingerprint density at radius 2 is 2.00 bits per heavy atom. The van der Waals surface area contributed by atoms with Crippen molar-refractivity contribution < 1.29 is 9.53 Å². The number of carbonyl (C=O) groups excluding carboxylic acids is 1. The van der Waals surface area contributed by atoms with Gasteiger partial charge in [0.2, 0.25) is 0 Å². The number of benzene rings is 1. The summed E-state index contributed by atoms with van der Waals surface area (Å²) in [6, 6.07) is 7.67. The van der Waals surface area contributed by atoms with Crippen molar-refractivity contribution in [2.45, 2.75) is 25.4 Å². The molecule has 0 radical (unpaired) electrons. The maximum atomic E-state index is 10.5. The molecule has 14 heavy (non-hydrogen) atoms. The highest BCUT2D eigenvalue weighted by atomic mass is 16.5. The molecule has 1 aliphatic rings. The zero-order chi connectivity index (χ0) is 9.80. The molecule has 0 amide bonds. The quantitative estimate of drug-likeness (QED) is 0.670. The summed E-state index contributed by atoms with van der Waals surface area (Å²) in [4.78, 5) is 10.5. The molecular weight excluding hydrogens is 176 g/mol. The Morgan fingerprint density at radius 1 is 1.21 bits per heavy atom. The first-order valence-corrected chi connectivity index (χ1v) is 5.07. The molecule has 2 heteroatoms. The first-order valence-electron chi connectivity index (χ1n) is 5.07. The van der Waals surface area contributed by atoms with Gasteiger partial charge in [0.25, 0.3) is 0 Å². The van der Waals surface area contributed by atoms with E-state index in [-0.39, 0.29) is 6.10 Å². The molecule has 0 aliphatic carbocycles. The zero-order valence-electron chi connectivity index (χ0n) is 8.11. The highest BCUT2D eigenvalue weighted by molar-refractivity contribution is 5.74. The fourth-order valence-corrected chi connectivity index (χ4v) is 1.79. The molecule has 1 saturated heterocycles. The number of aldehydes is 1. The SMILES string of the molecule is O=Cc1ccc(C2CCCCO2)cc1. The van der Waals surface area contributed by atoms with Crippen LogP contribution in [0.25, 0.3) is 0 Å². The fourth-order valence-electron chi connectivity index (χ4n) is 1.79. The molecule has 0 N–H and O–H groups in total. The van der Waals surface area contributed by atoms with Gasteiger partial charge in [-0.15, -0.1) is 0 Å². The first kappa shape index (κ1) is 9.41. The van der Waals surface area contributed by atoms with Crippen molar-refractivity contribution >= 4 is 6.29 Å². The van der Waals surface area contributed by atoms with Gasteiger partial charge in [0.15, 0.2) is 0 Å². The van der Waals surface area contributed by atoms with Gasteiger partial charge >= 0.3 is 0 Å². The minimum Gasteiger partial charge on any atom is -0.374 e. The van der Waals surface area contributed by atoms with Crippen molar-refractivity contribution in [3.63, 3.8) is 0 Å². The number of hydrogen-bond acceptors (Lipinski definition) is 2. The Balaban J connectivity index is 2.11. The molecule has 0 aromatic heterocycles. The third-order valence-electron chi connectivity index (χ3n) is 2.62. The number of hydrogen-bond donors (Lipinski definition) is 0. The molecule has 2 rings (SSSR count). The van der Waals surface area contributed by atoms with E-state index in [4.69, 9.17) is 4.74 Å². The van der Waals surface area contributed by atoms with Crippen molar-refractivity contribution in [1.82, 2.24) is 0 Å². The van der Waals surface area contributed by atoms with Crippen LogP contribution in [0.5, 0.6) is 0 Å². The highest BCUT2D eigenvalue weighted by Crippen LogP contribution is 2.27. The largest absolute Gasteiger partial charge is 0.374 e. The highest BCUT2D eigenvalue weighted by Gasteiger charge is 2.15. The van der Waals surface area contributed by atoms with Crippen LogP contribution in [0.3, 0.4) is 0 Å². The molecule has 74 valence electrons.